The quantitative estimate of drug-likeness (QED) is 0.824. The largest absolute Gasteiger partial charge is 0.315 e. The maximum atomic E-state index is 12.4. The van der Waals surface area contributed by atoms with Crippen LogP contribution >= 0.6 is 34.7 Å². The number of aromatic nitrogens is 2. The summed E-state index contributed by atoms with van der Waals surface area (Å²) in [7, 11) is 0. The van der Waals surface area contributed by atoms with Crippen molar-refractivity contribution in [2.24, 2.45) is 5.92 Å². The number of hydrogen-bond acceptors (Lipinski definition) is 5. The Morgan fingerprint density at radius 2 is 2.32 bits per heavy atom. The average molecular weight is 356 g/mol. The number of pyridine rings is 1. The smallest absolute Gasteiger partial charge is 0.229 e. The van der Waals surface area contributed by atoms with Crippen LogP contribution in [0.15, 0.2) is 24.5 Å². The van der Waals surface area contributed by atoms with Crippen molar-refractivity contribution in [1.82, 2.24) is 9.97 Å². The SMILES string of the molecule is CCC(SC)C(C)C(=O)Nc1sc(-c2cccnc2)nc1Cl. The molecule has 2 atom stereocenters. The van der Waals surface area contributed by atoms with E-state index in [1.165, 1.54) is 11.3 Å². The normalized spacial score (nSPS) is 13.6. The molecule has 1 N–H and O–H groups in total. The van der Waals surface area contributed by atoms with Crippen molar-refractivity contribution >= 4 is 45.6 Å². The van der Waals surface area contributed by atoms with Gasteiger partial charge in [0.25, 0.3) is 0 Å². The third-order valence-corrected chi connectivity index (χ3v) is 6.16. The number of carbonyl (C=O) groups excluding carboxylic acids is 1. The molecule has 0 radical (unpaired) electrons. The first-order valence-electron chi connectivity index (χ1n) is 6.97. The topological polar surface area (TPSA) is 54.9 Å². The molecule has 2 unspecified atom stereocenters. The average Bonchev–Trinajstić information content (AvgIpc) is 2.90. The van der Waals surface area contributed by atoms with Crippen LogP contribution in [0.3, 0.4) is 0 Å². The molecule has 2 aromatic rings. The van der Waals surface area contributed by atoms with Gasteiger partial charge in [-0.25, -0.2) is 4.98 Å². The summed E-state index contributed by atoms with van der Waals surface area (Å²) in [5.74, 6) is -0.107. The van der Waals surface area contributed by atoms with Crippen molar-refractivity contribution < 1.29 is 4.79 Å². The zero-order chi connectivity index (χ0) is 16.1. The summed E-state index contributed by atoms with van der Waals surface area (Å²) >= 11 is 9.22. The molecule has 0 aromatic carbocycles. The lowest BCUT2D eigenvalue weighted by Crippen LogP contribution is -2.28. The van der Waals surface area contributed by atoms with Crippen molar-refractivity contribution in [1.29, 1.82) is 0 Å². The molecule has 2 heterocycles. The fourth-order valence-corrected chi connectivity index (χ4v) is 4.12. The van der Waals surface area contributed by atoms with Crippen molar-refractivity contribution in [3.05, 3.63) is 29.7 Å². The maximum absolute atomic E-state index is 12.4. The van der Waals surface area contributed by atoms with Gasteiger partial charge in [0, 0.05) is 29.1 Å². The van der Waals surface area contributed by atoms with Crippen LogP contribution in [0.25, 0.3) is 10.6 Å². The van der Waals surface area contributed by atoms with E-state index in [4.69, 9.17) is 11.6 Å². The molecule has 7 heteroatoms. The Bertz CT molecular complexity index is 629. The third kappa shape index (κ3) is 4.00. The number of thioether (sulfide) groups is 1. The molecule has 0 bridgehead atoms. The predicted octanol–water partition coefficient (Wildman–Crippen LogP) is 4.57. The van der Waals surface area contributed by atoms with E-state index >= 15 is 0 Å². The number of nitrogens with one attached hydrogen (secondary N) is 1. The molecular weight excluding hydrogens is 338 g/mol. The Morgan fingerprint density at radius 1 is 1.55 bits per heavy atom. The molecule has 0 spiro atoms. The molecule has 0 aliphatic rings. The fourth-order valence-electron chi connectivity index (χ4n) is 2.11. The second-order valence-electron chi connectivity index (χ2n) is 4.84. The van der Waals surface area contributed by atoms with Gasteiger partial charge in [-0.2, -0.15) is 11.8 Å². The first-order valence-corrected chi connectivity index (χ1v) is 9.45. The van der Waals surface area contributed by atoms with Gasteiger partial charge in [-0.3, -0.25) is 9.78 Å². The predicted molar refractivity (Wildman–Crippen MR) is 95.7 cm³/mol. The summed E-state index contributed by atoms with van der Waals surface area (Å²) in [5, 5.41) is 4.86. The molecule has 0 saturated heterocycles. The van der Waals surface area contributed by atoms with Crippen molar-refractivity contribution in [2.75, 3.05) is 11.6 Å². The number of rotatable bonds is 6. The first kappa shape index (κ1) is 17.2. The lowest BCUT2D eigenvalue weighted by atomic mass is 10.1. The molecule has 1 amide bonds. The van der Waals surface area contributed by atoms with Crippen LogP contribution in [0.5, 0.6) is 0 Å². The van der Waals surface area contributed by atoms with Crippen LogP contribution in [0, 0.1) is 5.92 Å². The summed E-state index contributed by atoms with van der Waals surface area (Å²) < 4.78 is 0. The number of nitrogens with zero attached hydrogens (tertiary/aromatic N) is 2. The van der Waals surface area contributed by atoms with Gasteiger partial charge in [0.1, 0.15) is 10.0 Å². The van der Waals surface area contributed by atoms with Crippen molar-refractivity contribution in [3.8, 4) is 10.6 Å². The number of amides is 1. The van der Waals surface area contributed by atoms with Crippen LogP contribution in [0.1, 0.15) is 20.3 Å². The van der Waals surface area contributed by atoms with Crippen LogP contribution in [-0.2, 0) is 4.79 Å². The van der Waals surface area contributed by atoms with Crippen LogP contribution in [-0.4, -0.2) is 27.4 Å². The zero-order valence-corrected chi connectivity index (χ0v) is 15.1. The van der Waals surface area contributed by atoms with Crippen molar-refractivity contribution in [2.45, 2.75) is 25.5 Å². The number of hydrogen-bond donors (Lipinski definition) is 1. The van der Waals surface area contributed by atoms with E-state index in [1.54, 1.807) is 24.2 Å². The van der Waals surface area contributed by atoms with E-state index in [9.17, 15) is 4.79 Å². The summed E-state index contributed by atoms with van der Waals surface area (Å²) in [6, 6.07) is 3.76. The second-order valence-corrected chi connectivity index (χ2v) is 7.27. The lowest BCUT2D eigenvalue weighted by Gasteiger charge is -2.19. The minimum Gasteiger partial charge on any atom is -0.315 e. The molecule has 0 saturated carbocycles. The molecule has 0 aliphatic heterocycles. The third-order valence-electron chi connectivity index (χ3n) is 3.41. The highest BCUT2D eigenvalue weighted by molar-refractivity contribution is 7.99. The summed E-state index contributed by atoms with van der Waals surface area (Å²) in [6.45, 7) is 4.03. The van der Waals surface area contributed by atoms with E-state index in [2.05, 4.69) is 22.2 Å². The number of thiazole rings is 1. The summed E-state index contributed by atoms with van der Waals surface area (Å²) in [5.41, 5.74) is 0.887. The van der Waals surface area contributed by atoms with E-state index in [0.29, 0.717) is 15.4 Å². The molecule has 0 aliphatic carbocycles. The minimum atomic E-state index is -0.0833. The van der Waals surface area contributed by atoms with Crippen LogP contribution in [0.4, 0.5) is 5.00 Å². The molecular formula is C15H18ClN3OS2. The highest BCUT2D eigenvalue weighted by Gasteiger charge is 2.23. The minimum absolute atomic E-state index is 0.0236. The second kappa shape index (κ2) is 7.94. The first-order chi connectivity index (χ1) is 10.6. The number of halogens is 1. The standard InChI is InChI=1S/C15H18ClN3OS2/c1-4-11(21-3)9(2)13(20)19-15-12(16)18-14(22-15)10-6-5-7-17-8-10/h5-9,11H,4H2,1-3H3,(H,19,20). The highest BCUT2D eigenvalue weighted by atomic mass is 35.5. The number of anilines is 1. The van der Waals surface area contributed by atoms with Gasteiger partial charge in [0.05, 0.1) is 0 Å². The van der Waals surface area contributed by atoms with Crippen molar-refractivity contribution in [3.63, 3.8) is 0 Å². The van der Waals surface area contributed by atoms with E-state index in [0.717, 1.165) is 17.0 Å². The lowest BCUT2D eigenvalue weighted by molar-refractivity contribution is -0.119. The molecule has 4 nitrogen and oxygen atoms in total. The molecule has 2 aromatic heterocycles. The van der Waals surface area contributed by atoms with Gasteiger partial charge in [-0.1, -0.05) is 36.8 Å². The van der Waals surface area contributed by atoms with Gasteiger partial charge in [0.15, 0.2) is 5.15 Å². The Labute approximate surface area is 143 Å². The van der Waals surface area contributed by atoms with E-state index in [1.807, 2.05) is 25.3 Å². The fraction of sp³-hybridized carbons (Fsp3) is 0.400. The molecule has 22 heavy (non-hydrogen) atoms. The van der Waals surface area contributed by atoms with Gasteiger partial charge in [-0.05, 0) is 24.8 Å². The Kier molecular flexibility index (Phi) is 6.23. The monoisotopic (exact) mass is 355 g/mol. The Hall–Kier alpha value is -1.11. The Balaban J connectivity index is 2.14. The summed E-state index contributed by atoms with van der Waals surface area (Å²) in [4.78, 5) is 20.7. The Morgan fingerprint density at radius 3 is 2.91 bits per heavy atom. The molecule has 118 valence electrons. The maximum Gasteiger partial charge on any atom is 0.229 e. The molecule has 0 fully saturated rings. The van der Waals surface area contributed by atoms with E-state index in [-0.39, 0.29) is 11.8 Å². The van der Waals surface area contributed by atoms with Gasteiger partial charge in [0.2, 0.25) is 5.91 Å². The van der Waals surface area contributed by atoms with Gasteiger partial charge in [-0.15, -0.1) is 0 Å². The zero-order valence-electron chi connectivity index (χ0n) is 12.7. The highest BCUT2D eigenvalue weighted by Crippen LogP contribution is 2.35. The van der Waals surface area contributed by atoms with Crippen LogP contribution in [0.2, 0.25) is 5.15 Å². The van der Waals surface area contributed by atoms with Crippen LogP contribution < -0.4 is 5.32 Å². The molecule has 2 rings (SSSR count). The summed E-state index contributed by atoms with van der Waals surface area (Å²) in [6.07, 6.45) is 6.41. The van der Waals surface area contributed by atoms with Gasteiger partial charge < -0.3 is 5.32 Å². The number of carbonyl (C=O) groups is 1. The van der Waals surface area contributed by atoms with E-state index < -0.39 is 0 Å². The van der Waals surface area contributed by atoms with Gasteiger partial charge >= 0.3 is 0 Å².